The van der Waals surface area contributed by atoms with Gasteiger partial charge in [0.25, 0.3) is 11.8 Å². The monoisotopic (exact) mass is 384 g/mol. The van der Waals surface area contributed by atoms with Gasteiger partial charge in [0.15, 0.2) is 5.82 Å². The Morgan fingerprint density at radius 2 is 2.07 bits per heavy atom. The minimum atomic E-state index is -0.218. The summed E-state index contributed by atoms with van der Waals surface area (Å²) >= 11 is 0. The molecule has 1 atom stereocenters. The fourth-order valence-electron chi connectivity index (χ4n) is 3.44. The second kappa shape index (κ2) is 7.64. The Hall–Kier alpha value is -2.25. The zero-order valence-electron chi connectivity index (χ0n) is 16.8. The second-order valence-electron chi connectivity index (χ2n) is 8.65. The van der Waals surface area contributed by atoms with E-state index in [-0.39, 0.29) is 17.4 Å². The maximum absolute atomic E-state index is 12.8. The minimum Gasteiger partial charge on any atom is -0.374 e. The highest BCUT2D eigenvalue weighted by Crippen LogP contribution is 2.28. The third-order valence-corrected chi connectivity index (χ3v) is 5.22. The number of amides is 1. The molecule has 7 nitrogen and oxygen atoms in total. The predicted molar refractivity (Wildman–Crippen MR) is 105 cm³/mol. The standard InChI is InChI=1S/C21H28N4O3/c1-21(2,3)20-23-19(28-24-20)17-7-5-4-6-16(17)18(26)22-12-15-13-25(10-11-27-15)14-8-9-14/h4-7,14-15H,8-13H2,1-3H3,(H,22,26). The number of nitrogens with zero attached hydrogens (tertiary/aromatic N) is 3. The fourth-order valence-corrected chi connectivity index (χ4v) is 3.44. The summed E-state index contributed by atoms with van der Waals surface area (Å²) in [6, 6.07) is 8.04. The number of ether oxygens (including phenoxy) is 1. The number of benzene rings is 1. The molecule has 28 heavy (non-hydrogen) atoms. The van der Waals surface area contributed by atoms with Gasteiger partial charge in [-0.2, -0.15) is 4.98 Å². The molecule has 4 rings (SSSR count). The molecule has 0 bridgehead atoms. The van der Waals surface area contributed by atoms with E-state index >= 15 is 0 Å². The van der Waals surface area contributed by atoms with Crippen LogP contribution in [0.25, 0.3) is 11.5 Å². The van der Waals surface area contributed by atoms with Crippen LogP contribution in [0.3, 0.4) is 0 Å². The molecule has 2 aromatic rings. The summed E-state index contributed by atoms with van der Waals surface area (Å²) in [7, 11) is 0. The van der Waals surface area contributed by atoms with Gasteiger partial charge in [-0.15, -0.1) is 0 Å². The van der Waals surface area contributed by atoms with Crippen molar-refractivity contribution in [3.63, 3.8) is 0 Å². The third kappa shape index (κ3) is 4.25. The van der Waals surface area contributed by atoms with E-state index in [2.05, 4.69) is 20.4 Å². The zero-order valence-corrected chi connectivity index (χ0v) is 16.8. The third-order valence-electron chi connectivity index (χ3n) is 5.22. The van der Waals surface area contributed by atoms with Crippen LogP contribution in [0, 0.1) is 0 Å². The lowest BCUT2D eigenvalue weighted by atomic mass is 9.96. The van der Waals surface area contributed by atoms with Crippen molar-refractivity contribution in [3.8, 4) is 11.5 Å². The number of morpholine rings is 1. The van der Waals surface area contributed by atoms with Gasteiger partial charge < -0.3 is 14.6 Å². The van der Waals surface area contributed by atoms with Gasteiger partial charge in [-0.3, -0.25) is 9.69 Å². The van der Waals surface area contributed by atoms with Crippen LogP contribution in [0.2, 0.25) is 0 Å². The molecule has 0 radical (unpaired) electrons. The highest BCUT2D eigenvalue weighted by Gasteiger charge is 2.33. The van der Waals surface area contributed by atoms with Crippen molar-refractivity contribution in [2.75, 3.05) is 26.2 Å². The number of carbonyl (C=O) groups excluding carboxylic acids is 1. The SMILES string of the molecule is CC(C)(C)c1noc(-c2ccccc2C(=O)NCC2CN(C3CC3)CCO2)n1. The molecule has 1 saturated heterocycles. The molecule has 2 heterocycles. The highest BCUT2D eigenvalue weighted by molar-refractivity contribution is 5.99. The molecule has 1 amide bonds. The second-order valence-corrected chi connectivity index (χ2v) is 8.65. The van der Waals surface area contributed by atoms with Crippen LogP contribution >= 0.6 is 0 Å². The van der Waals surface area contributed by atoms with Crippen molar-refractivity contribution in [1.29, 1.82) is 0 Å². The molecule has 2 aliphatic rings. The van der Waals surface area contributed by atoms with Crippen molar-refractivity contribution in [2.24, 2.45) is 0 Å². The largest absolute Gasteiger partial charge is 0.374 e. The first-order valence-corrected chi connectivity index (χ1v) is 9.99. The topological polar surface area (TPSA) is 80.5 Å². The molecule has 1 unspecified atom stereocenters. The van der Waals surface area contributed by atoms with Crippen molar-refractivity contribution >= 4 is 5.91 Å². The number of nitrogens with one attached hydrogen (secondary N) is 1. The van der Waals surface area contributed by atoms with Crippen LogP contribution in [0.1, 0.15) is 49.8 Å². The van der Waals surface area contributed by atoms with E-state index in [1.54, 1.807) is 6.07 Å². The smallest absolute Gasteiger partial charge is 0.258 e. The fraction of sp³-hybridized carbons (Fsp3) is 0.571. The van der Waals surface area contributed by atoms with Gasteiger partial charge in [0.1, 0.15) is 0 Å². The van der Waals surface area contributed by atoms with Crippen molar-refractivity contribution in [1.82, 2.24) is 20.4 Å². The van der Waals surface area contributed by atoms with Gasteiger partial charge in [-0.05, 0) is 25.0 Å². The maximum atomic E-state index is 12.8. The van der Waals surface area contributed by atoms with Gasteiger partial charge in [0, 0.05) is 31.1 Å². The van der Waals surface area contributed by atoms with Gasteiger partial charge >= 0.3 is 0 Å². The normalized spacial score (nSPS) is 20.9. The van der Waals surface area contributed by atoms with Gasteiger partial charge in [0.2, 0.25) is 0 Å². The Kier molecular flexibility index (Phi) is 5.21. The van der Waals surface area contributed by atoms with Crippen LogP contribution in [-0.2, 0) is 10.2 Å². The molecule has 150 valence electrons. The Morgan fingerprint density at radius 1 is 1.29 bits per heavy atom. The summed E-state index contributed by atoms with van der Waals surface area (Å²) in [6.07, 6.45) is 2.60. The van der Waals surface area contributed by atoms with Gasteiger partial charge in [0.05, 0.1) is 23.8 Å². The first-order valence-electron chi connectivity index (χ1n) is 9.99. The minimum absolute atomic E-state index is 0.0290. The van der Waals surface area contributed by atoms with Crippen LogP contribution in [0.5, 0.6) is 0 Å². The highest BCUT2D eigenvalue weighted by atomic mass is 16.5. The molecule has 1 saturated carbocycles. The van der Waals surface area contributed by atoms with Crippen LogP contribution in [0.15, 0.2) is 28.8 Å². The Bertz CT molecular complexity index is 838. The summed E-state index contributed by atoms with van der Waals surface area (Å²) in [5.41, 5.74) is 0.957. The summed E-state index contributed by atoms with van der Waals surface area (Å²) < 4.78 is 11.3. The van der Waals surface area contributed by atoms with E-state index in [0.29, 0.717) is 29.4 Å². The average molecular weight is 384 g/mol. The molecule has 1 aliphatic heterocycles. The lowest BCUT2D eigenvalue weighted by Crippen LogP contribution is -2.48. The number of aromatic nitrogens is 2. The van der Waals surface area contributed by atoms with Crippen LogP contribution in [0.4, 0.5) is 0 Å². The van der Waals surface area contributed by atoms with E-state index in [0.717, 1.165) is 25.7 Å². The summed E-state index contributed by atoms with van der Waals surface area (Å²) in [6.45, 7) is 9.16. The summed E-state index contributed by atoms with van der Waals surface area (Å²) in [5.74, 6) is 0.830. The van der Waals surface area contributed by atoms with Gasteiger partial charge in [-0.1, -0.05) is 38.1 Å². The van der Waals surface area contributed by atoms with E-state index in [4.69, 9.17) is 9.26 Å². The Morgan fingerprint density at radius 3 is 2.79 bits per heavy atom. The molecule has 1 aliphatic carbocycles. The number of hydrogen-bond donors (Lipinski definition) is 1. The lowest BCUT2D eigenvalue weighted by molar-refractivity contribution is -0.0293. The van der Waals surface area contributed by atoms with Crippen molar-refractivity contribution in [2.45, 2.75) is 51.2 Å². The lowest BCUT2D eigenvalue weighted by Gasteiger charge is -2.33. The summed E-state index contributed by atoms with van der Waals surface area (Å²) in [4.78, 5) is 19.8. The average Bonchev–Trinajstić information content (AvgIpc) is 3.41. The van der Waals surface area contributed by atoms with Crippen LogP contribution in [-0.4, -0.2) is 59.3 Å². The molecule has 1 N–H and O–H groups in total. The van der Waals surface area contributed by atoms with Crippen molar-refractivity contribution < 1.29 is 14.1 Å². The molecule has 0 spiro atoms. The van der Waals surface area contributed by atoms with E-state index in [9.17, 15) is 4.79 Å². The van der Waals surface area contributed by atoms with Gasteiger partial charge in [-0.25, -0.2) is 0 Å². The molecule has 1 aromatic carbocycles. The van der Waals surface area contributed by atoms with E-state index in [1.165, 1.54) is 12.8 Å². The number of rotatable bonds is 5. The Balaban J connectivity index is 1.44. The molecule has 7 heteroatoms. The number of carbonyl (C=O) groups is 1. The maximum Gasteiger partial charge on any atom is 0.258 e. The zero-order chi connectivity index (χ0) is 19.7. The molecule has 2 fully saturated rings. The van der Waals surface area contributed by atoms with E-state index in [1.807, 2.05) is 39.0 Å². The number of hydrogen-bond acceptors (Lipinski definition) is 6. The summed E-state index contributed by atoms with van der Waals surface area (Å²) in [5, 5.41) is 7.09. The quantitative estimate of drug-likeness (QED) is 0.854. The van der Waals surface area contributed by atoms with Crippen molar-refractivity contribution in [3.05, 3.63) is 35.7 Å². The molecular weight excluding hydrogens is 356 g/mol. The molecule has 1 aromatic heterocycles. The first-order chi connectivity index (χ1) is 13.4. The predicted octanol–water partition coefficient (Wildman–Crippen LogP) is 2.63. The first kappa shape index (κ1) is 19.1. The molecular formula is C21H28N4O3. The van der Waals surface area contributed by atoms with E-state index < -0.39 is 0 Å². The Labute approximate surface area is 165 Å². The van der Waals surface area contributed by atoms with Crippen LogP contribution < -0.4 is 5.32 Å².